The van der Waals surface area contributed by atoms with Crippen molar-refractivity contribution in [2.75, 3.05) is 0 Å². The Morgan fingerprint density at radius 2 is 0.652 bits per heavy atom. The number of hydrogen-bond donors (Lipinski definition) is 0. The molecule has 0 saturated carbocycles. The second kappa shape index (κ2) is 17.5. The fraction of sp³-hybridized carbons (Fsp3) is 0. The summed E-state index contributed by atoms with van der Waals surface area (Å²) >= 11 is 0. The van der Waals surface area contributed by atoms with Crippen molar-refractivity contribution < 1.29 is 0 Å². The Morgan fingerprint density at radius 3 is 1.20 bits per heavy atom. The molecule has 0 radical (unpaired) electrons. The van der Waals surface area contributed by atoms with E-state index in [9.17, 15) is 5.26 Å². The van der Waals surface area contributed by atoms with Crippen molar-refractivity contribution >= 4 is 10.8 Å². The standard InChI is InChI=1S/C59H37N7/c60-38-47-35-36-49(51-28-14-13-27-48(47)51)45-25-15-26-46(37-45)58-63-54(41-19-7-2-8-20-41)61-57(64-58)44-33-31-40(32-34-44)53-50(39-17-5-1-6-18-39)29-16-30-52(53)59-65-55(42-21-9-3-10-22-42)62-56(66-59)43-23-11-4-12-24-43/h1-37H. The summed E-state index contributed by atoms with van der Waals surface area (Å²) in [5.74, 6) is 3.45. The number of hydrogen-bond acceptors (Lipinski definition) is 7. The lowest BCUT2D eigenvalue weighted by Gasteiger charge is -2.17. The lowest BCUT2D eigenvalue weighted by molar-refractivity contribution is 1.07. The van der Waals surface area contributed by atoms with E-state index in [1.807, 2.05) is 140 Å². The average molecular weight is 844 g/mol. The zero-order chi connectivity index (χ0) is 44.2. The van der Waals surface area contributed by atoms with E-state index in [0.29, 0.717) is 40.5 Å². The van der Waals surface area contributed by atoms with Crippen LogP contribution in [0.2, 0.25) is 0 Å². The highest BCUT2D eigenvalue weighted by Gasteiger charge is 2.20. The summed E-state index contributed by atoms with van der Waals surface area (Å²) in [7, 11) is 0. The summed E-state index contributed by atoms with van der Waals surface area (Å²) in [4.78, 5) is 30.5. The van der Waals surface area contributed by atoms with Crippen LogP contribution in [0.5, 0.6) is 0 Å². The predicted octanol–water partition coefficient (Wildman–Crippen LogP) is 14.1. The first-order valence-electron chi connectivity index (χ1n) is 21.7. The van der Waals surface area contributed by atoms with E-state index in [0.717, 1.165) is 77.5 Å². The molecule has 0 spiro atoms. The zero-order valence-electron chi connectivity index (χ0n) is 35.5. The van der Waals surface area contributed by atoms with Gasteiger partial charge in [-0.25, -0.2) is 29.9 Å². The molecule has 66 heavy (non-hydrogen) atoms. The van der Waals surface area contributed by atoms with Gasteiger partial charge in [0.2, 0.25) is 0 Å². The van der Waals surface area contributed by atoms with Gasteiger partial charge in [0.1, 0.15) is 0 Å². The first-order valence-corrected chi connectivity index (χ1v) is 21.7. The van der Waals surface area contributed by atoms with Gasteiger partial charge >= 0.3 is 0 Å². The van der Waals surface area contributed by atoms with Crippen LogP contribution in [-0.4, -0.2) is 29.9 Å². The Hall–Kier alpha value is -9.25. The fourth-order valence-electron chi connectivity index (χ4n) is 8.45. The van der Waals surface area contributed by atoms with Crippen LogP contribution in [-0.2, 0) is 0 Å². The smallest absolute Gasteiger partial charge is 0.164 e. The van der Waals surface area contributed by atoms with Gasteiger partial charge < -0.3 is 0 Å². The van der Waals surface area contributed by atoms with E-state index in [-0.39, 0.29) is 0 Å². The Kier molecular flexibility index (Phi) is 10.5. The van der Waals surface area contributed by atoms with E-state index >= 15 is 0 Å². The van der Waals surface area contributed by atoms with Gasteiger partial charge in [-0.05, 0) is 45.3 Å². The first kappa shape index (κ1) is 39.6. The van der Waals surface area contributed by atoms with Crippen molar-refractivity contribution in [1.82, 2.24) is 29.9 Å². The van der Waals surface area contributed by atoms with E-state index in [1.165, 1.54) is 0 Å². The third-order valence-corrected chi connectivity index (χ3v) is 11.7. The van der Waals surface area contributed by atoms with Crippen LogP contribution >= 0.6 is 0 Å². The number of fused-ring (bicyclic) bond motifs is 1. The van der Waals surface area contributed by atoms with E-state index < -0.39 is 0 Å². The van der Waals surface area contributed by atoms with E-state index in [2.05, 4.69) is 91.0 Å². The highest BCUT2D eigenvalue weighted by Crippen LogP contribution is 2.41. The topological polar surface area (TPSA) is 101 Å². The van der Waals surface area contributed by atoms with Gasteiger partial charge in [0.25, 0.3) is 0 Å². The molecule has 9 aromatic carbocycles. The summed E-state index contributed by atoms with van der Waals surface area (Å²) in [6.45, 7) is 0. The van der Waals surface area contributed by atoms with Crippen molar-refractivity contribution in [3.63, 3.8) is 0 Å². The average Bonchev–Trinajstić information content (AvgIpc) is 3.41. The van der Waals surface area contributed by atoms with Gasteiger partial charge in [-0.3, -0.25) is 0 Å². The summed E-state index contributed by atoms with van der Waals surface area (Å²) in [5.41, 5.74) is 12.0. The SMILES string of the molecule is N#Cc1ccc(-c2cccc(-c3nc(-c4ccccc4)nc(-c4ccc(-c5c(-c6ccccc6)cccc5-c5nc(-c6ccccc6)nc(-c6ccccc6)n5)cc4)n3)c2)c2ccccc12. The molecule has 308 valence electrons. The zero-order valence-corrected chi connectivity index (χ0v) is 35.5. The number of nitrogens with zero attached hydrogens (tertiary/aromatic N) is 7. The van der Waals surface area contributed by atoms with Crippen molar-refractivity contribution in [1.29, 1.82) is 5.26 Å². The summed E-state index contributed by atoms with van der Waals surface area (Å²) in [5, 5.41) is 11.8. The second-order valence-electron chi connectivity index (χ2n) is 15.8. The molecule has 7 heteroatoms. The quantitative estimate of drug-likeness (QED) is 0.143. The molecule has 0 aliphatic carbocycles. The predicted molar refractivity (Wildman–Crippen MR) is 264 cm³/mol. The van der Waals surface area contributed by atoms with Gasteiger partial charge in [0, 0.05) is 44.3 Å². The van der Waals surface area contributed by atoms with Crippen LogP contribution < -0.4 is 0 Å². The summed E-state index contributed by atoms with van der Waals surface area (Å²) in [6, 6.07) is 77.7. The maximum absolute atomic E-state index is 9.83. The summed E-state index contributed by atoms with van der Waals surface area (Å²) in [6.07, 6.45) is 0. The van der Waals surface area contributed by atoms with Crippen molar-refractivity contribution in [3.05, 3.63) is 230 Å². The summed E-state index contributed by atoms with van der Waals surface area (Å²) < 4.78 is 0. The molecule has 2 aromatic heterocycles. The van der Waals surface area contributed by atoms with Gasteiger partial charge in [0.15, 0.2) is 34.9 Å². The minimum Gasteiger partial charge on any atom is -0.208 e. The number of aromatic nitrogens is 6. The third kappa shape index (κ3) is 7.76. The molecule has 0 aliphatic heterocycles. The fourth-order valence-corrected chi connectivity index (χ4v) is 8.45. The molecule has 0 atom stereocenters. The minimum absolute atomic E-state index is 0.550. The Bertz CT molecular complexity index is 3520. The molecule has 0 bridgehead atoms. The van der Waals surface area contributed by atoms with Crippen molar-refractivity contribution in [2.45, 2.75) is 0 Å². The van der Waals surface area contributed by atoms with E-state index in [1.54, 1.807) is 0 Å². The molecular weight excluding hydrogens is 807 g/mol. The van der Waals surface area contributed by atoms with E-state index in [4.69, 9.17) is 29.9 Å². The van der Waals surface area contributed by atoms with Crippen LogP contribution in [0.3, 0.4) is 0 Å². The van der Waals surface area contributed by atoms with Crippen LogP contribution in [0.15, 0.2) is 224 Å². The van der Waals surface area contributed by atoms with Crippen LogP contribution in [0, 0.1) is 11.3 Å². The van der Waals surface area contributed by atoms with Crippen molar-refractivity contribution in [2.24, 2.45) is 0 Å². The van der Waals surface area contributed by atoms with Crippen LogP contribution in [0.25, 0.3) is 112 Å². The Morgan fingerprint density at radius 1 is 0.258 bits per heavy atom. The molecule has 11 rings (SSSR count). The molecular formula is C59H37N7. The highest BCUT2D eigenvalue weighted by atomic mass is 15.0. The molecule has 7 nitrogen and oxygen atoms in total. The first-order chi connectivity index (χ1) is 32.7. The monoisotopic (exact) mass is 843 g/mol. The number of nitriles is 1. The van der Waals surface area contributed by atoms with Gasteiger partial charge in [0.05, 0.1) is 11.6 Å². The Balaban J connectivity index is 1.05. The van der Waals surface area contributed by atoms with Gasteiger partial charge in [-0.15, -0.1) is 0 Å². The highest BCUT2D eigenvalue weighted by molar-refractivity contribution is 6.00. The third-order valence-electron chi connectivity index (χ3n) is 11.7. The molecule has 0 unspecified atom stereocenters. The molecule has 2 heterocycles. The Labute approximate surface area is 382 Å². The molecule has 0 fully saturated rings. The molecule has 0 saturated heterocycles. The number of rotatable bonds is 9. The minimum atomic E-state index is 0.550. The van der Waals surface area contributed by atoms with Crippen molar-refractivity contribution in [3.8, 4) is 108 Å². The largest absolute Gasteiger partial charge is 0.208 e. The molecule has 11 aromatic rings. The van der Waals surface area contributed by atoms with Crippen LogP contribution in [0.4, 0.5) is 0 Å². The molecule has 0 amide bonds. The molecule has 0 aliphatic rings. The molecule has 0 N–H and O–H groups in total. The maximum atomic E-state index is 9.83. The normalized spacial score (nSPS) is 11.0. The van der Waals surface area contributed by atoms with Gasteiger partial charge in [-0.2, -0.15) is 5.26 Å². The lowest BCUT2D eigenvalue weighted by Crippen LogP contribution is -2.02. The second-order valence-corrected chi connectivity index (χ2v) is 15.8. The van der Waals surface area contributed by atoms with Gasteiger partial charge in [-0.1, -0.05) is 212 Å². The maximum Gasteiger partial charge on any atom is 0.164 e. The number of benzene rings is 9. The lowest BCUT2D eigenvalue weighted by atomic mass is 9.89. The van der Waals surface area contributed by atoms with Crippen LogP contribution in [0.1, 0.15) is 5.56 Å².